The van der Waals surface area contributed by atoms with E-state index in [1.54, 1.807) is 24.3 Å². The van der Waals surface area contributed by atoms with Gasteiger partial charge in [-0.15, -0.1) is 0 Å². The lowest BCUT2D eigenvalue weighted by Gasteiger charge is -2.20. The third-order valence-electron chi connectivity index (χ3n) is 3.42. The number of carbonyl (C=O) groups excluding carboxylic acids is 3. The number of fused-ring (bicyclic) bond motifs is 1. The van der Waals surface area contributed by atoms with Crippen LogP contribution < -0.4 is 16.0 Å². The lowest BCUT2D eigenvalue weighted by Crippen LogP contribution is -2.52. The third-order valence-corrected chi connectivity index (χ3v) is 3.66. The molecule has 3 N–H and O–H groups in total. The normalized spacial score (nSPS) is 20.8. The number of nitrogens with one attached hydrogen (secondary N) is 3. The molecule has 1 aliphatic rings. The van der Waals surface area contributed by atoms with Crippen LogP contribution >= 0.6 is 11.6 Å². The van der Waals surface area contributed by atoms with Crippen molar-refractivity contribution in [3.05, 3.63) is 35.0 Å². The van der Waals surface area contributed by atoms with Gasteiger partial charge in [0, 0.05) is 17.0 Å². The van der Waals surface area contributed by atoms with E-state index >= 15 is 0 Å². The van der Waals surface area contributed by atoms with Gasteiger partial charge in [-0.3, -0.25) is 14.9 Å². The molecule has 1 unspecified atom stereocenters. The minimum atomic E-state index is -1.18. The molecule has 1 aromatic carbocycles. The Bertz CT molecular complexity index is 800. The fourth-order valence-electron chi connectivity index (χ4n) is 2.17. The Morgan fingerprint density at radius 3 is 2.82 bits per heavy atom. The second-order valence-corrected chi connectivity index (χ2v) is 5.65. The number of rotatable bonds is 3. The number of imide groups is 1. The molecule has 22 heavy (non-hydrogen) atoms. The quantitative estimate of drug-likeness (QED) is 0.744. The second-order valence-electron chi connectivity index (χ2n) is 5.22. The summed E-state index contributed by atoms with van der Waals surface area (Å²) in [5.74, 6) is -0.873. The van der Waals surface area contributed by atoms with Crippen molar-refractivity contribution < 1.29 is 18.8 Å². The smallest absolute Gasteiger partial charge is 0.322 e. The van der Waals surface area contributed by atoms with Gasteiger partial charge >= 0.3 is 6.03 Å². The van der Waals surface area contributed by atoms with Crippen molar-refractivity contribution in [2.24, 2.45) is 0 Å². The van der Waals surface area contributed by atoms with Crippen molar-refractivity contribution in [1.29, 1.82) is 0 Å². The first-order valence-electron chi connectivity index (χ1n) is 6.48. The first-order valence-corrected chi connectivity index (χ1v) is 6.86. The van der Waals surface area contributed by atoms with Crippen LogP contribution in [-0.4, -0.2) is 29.9 Å². The Kier molecular flexibility index (Phi) is 3.29. The predicted octanol–water partition coefficient (Wildman–Crippen LogP) is 1.41. The molecule has 1 aliphatic heterocycles. The number of hydrogen-bond donors (Lipinski definition) is 3. The number of benzene rings is 1. The van der Waals surface area contributed by atoms with Crippen molar-refractivity contribution >= 4 is 40.4 Å². The fraction of sp³-hybridized carbons (Fsp3) is 0.214. The van der Waals surface area contributed by atoms with E-state index in [-0.39, 0.29) is 12.3 Å². The van der Waals surface area contributed by atoms with Crippen LogP contribution in [-0.2, 0) is 4.79 Å². The van der Waals surface area contributed by atoms with Gasteiger partial charge in [-0.05, 0) is 31.2 Å². The van der Waals surface area contributed by atoms with Gasteiger partial charge in [0.05, 0.1) is 0 Å². The van der Waals surface area contributed by atoms with Crippen LogP contribution in [0.25, 0.3) is 11.0 Å². The van der Waals surface area contributed by atoms with Crippen molar-refractivity contribution in [2.45, 2.75) is 12.5 Å². The zero-order valence-corrected chi connectivity index (χ0v) is 12.3. The summed E-state index contributed by atoms with van der Waals surface area (Å²) in [6.45, 7) is 1.47. The molecule has 0 radical (unpaired) electrons. The second kappa shape index (κ2) is 5.03. The van der Waals surface area contributed by atoms with E-state index in [4.69, 9.17) is 16.0 Å². The van der Waals surface area contributed by atoms with Crippen LogP contribution in [0.5, 0.6) is 0 Å². The zero-order valence-electron chi connectivity index (χ0n) is 11.5. The Morgan fingerprint density at radius 1 is 1.36 bits per heavy atom. The van der Waals surface area contributed by atoms with E-state index in [1.807, 2.05) is 0 Å². The van der Waals surface area contributed by atoms with Crippen LogP contribution in [0.3, 0.4) is 0 Å². The Morgan fingerprint density at radius 2 is 2.14 bits per heavy atom. The van der Waals surface area contributed by atoms with Gasteiger partial charge in [-0.2, -0.15) is 0 Å². The maximum Gasteiger partial charge on any atom is 0.322 e. The SMILES string of the molecule is CC1(CNC(=O)c2cc3cc(Cl)ccc3o2)NC(=O)NC1=O. The summed E-state index contributed by atoms with van der Waals surface area (Å²) in [7, 11) is 0. The zero-order chi connectivity index (χ0) is 15.9. The summed E-state index contributed by atoms with van der Waals surface area (Å²) in [6, 6.07) is 5.99. The highest BCUT2D eigenvalue weighted by atomic mass is 35.5. The molecule has 1 aromatic heterocycles. The van der Waals surface area contributed by atoms with Crippen LogP contribution in [0.2, 0.25) is 5.02 Å². The molecule has 2 heterocycles. The number of hydrogen-bond acceptors (Lipinski definition) is 4. The lowest BCUT2D eigenvalue weighted by molar-refractivity contribution is -0.123. The summed E-state index contributed by atoms with van der Waals surface area (Å²) in [5, 5.41) is 8.39. The molecule has 0 saturated carbocycles. The van der Waals surface area contributed by atoms with E-state index in [0.717, 1.165) is 0 Å². The number of furan rings is 1. The first-order chi connectivity index (χ1) is 10.4. The molecule has 7 nitrogen and oxygen atoms in total. The molecule has 2 aromatic rings. The van der Waals surface area contributed by atoms with Crippen molar-refractivity contribution in [2.75, 3.05) is 6.54 Å². The summed E-state index contributed by atoms with van der Waals surface area (Å²) in [6.07, 6.45) is 0. The highest BCUT2D eigenvalue weighted by molar-refractivity contribution is 6.31. The van der Waals surface area contributed by atoms with Gasteiger partial charge in [-0.25, -0.2) is 4.79 Å². The monoisotopic (exact) mass is 321 g/mol. The number of amides is 4. The summed E-state index contributed by atoms with van der Waals surface area (Å²) < 4.78 is 5.42. The highest BCUT2D eigenvalue weighted by Crippen LogP contribution is 2.23. The molecular formula is C14H12ClN3O4. The van der Waals surface area contributed by atoms with Gasteiger partial charge in [0.25, 0.3) is 11.8 Å². The molecule has 0 aliphatic carbocycles. The van der Waals surface area contributed by atoms with Crippen LogP contribution in [0.15, 0.2) is 28.7 Å². The fourth-order valence-corrected chi connectivity index (χ4v) is 2.35. The Balaban J connectivity index is 1.73. The van der Waals surface area contributed by atoms with Crippen LogP contribution in [0.4, 0.5) is 4.79 Å². The molecule has 0 spiro atoms. The molecule has 8 heteroatoms. The predicted molar refractivity (Wildman–Crippen MR) is 78.6 cm³/mol. The molecule has 114 valence electrons. The van der Waals surface area contributed by atoms with Gasteiger partial charge in [-0.1, -0.05) is 11.6 Å². The highest BCUT2D eigenvalue weighted by Gasteiger charge is 2.42. The molecule has 1 atom stereocenters. The molecule has 3 rings (SSSR count). The maximum atomic E-state index is 12.1. The average molecular weight is 322 g/mol. The van der Waals surface area contributed by atoms with E-state index < -0.39 is 23.4 Å². The largest absolute Gasteiger partial charge is 0.451 e. The summed E-state index contributed by atoms with van der Waals surface area (Å²) >= 11 is 5.88. The van der Waals surface area contributed by atoms with E-state index in [1.165, 1.54) is 6.92 Å². The van der Waals surface area contributed by atoms with E-state index in [0.29, 0.717) is 16.0 Å². The summed E-state index contributed by atoms with van der Waals surface area (Å²) in [4.78, 5) is 34.9. The molecule has 4 amide bonds. The van der Waals surface area contributed by atoms with Crippen molar-refractivity contribution in [1.82, 2.24) is 16.0 Å². The minimum absolute atomic E-state index is 0.0544. The van der Waals surface area contributed by atoms with Crippen molar-refractivity contribution in [3.8, 4) is 0 Å². The van der Waals surface area contributed by atoms with Gasteiger partial charge in [0.15, 0.2) is 5.76 Å². The molecule has 1 saturated heterocycles. The van der Waals surface area contributed by atoms with Crippen LogP contribution in [0, 0.1) is 0 Å². The lowest BCUT2D eigenvalue weighted by atomic mass is 10.0. The summed E-state index contributed by atoms with van der Waals surface area (Å²) in [5.41, 5.74) is -0.644. The number of halogens is 1. The number of urea groups is 1. The van der Waals surface area contributed by atoms with Gasteiger partial charge < -0.3 is 15.1 Å². The Hall–Kier alpha value is -2.54. The Labute approximate surface area is 130 Å². The topological polar surface area (TPSA) is 100 Å². The molecule has 0 bridgehead atoms. The third kappa shape index (κ3) is 2.50. The van der Waals surface area contributed by atoms with Gasteiger partial charge in [0.1, 0.15) is 11.1 Å². The van der Waals surface area contributed by atoms with Crippen molar-refractivity contribution in [3.63, 3.8) is 0 Å². The number of carbonyl (C=O) groups is 3. The first kappa shape index (κ1) is 14.4. The molecular weight excluding hydrogens is 310 g/mol. The minimum Gasteiger partial charge on any atom is -0.451 e. The van der Waals surface area contributed by atoms with E-state index in [9.17, 15) is 14.4 Å². The maximum absolute atomic E-state index is 12.1. The average Bonchev–Trinajstić information content (AvgIpc) is 2.97. The van der Waals surface area contributed by atoms with Gasteiger partial charge in [0.2, 0.25) is 0 Å². The van der Waals surface area contributed by atoms with E-state index in [2.05, 4.69) is 16.0 Å². The van der Waals surface area contributed by atoms with Crippen LogP contribution in [0.1, 0.15) is 17.5 Å². The standard InChI is InChI=1S/C14H12ClN3O4/c1-14(12(20)17-13(21)18-14)6-16-11(19)10-5-7-4-8(15)2-3-9(7)22-10/h2-5H,6H2,1H3,(H,16,19)(H2,17,18,20,21). The molecule has 1 fully saturated rings.